The lowest BCUT2D eigenvalue weighted by Crippen LogP contribution is -2.44. The SMILES string of the molecule is CCNC(=O)NC1CCC(OC(=O)CCc2cscn2)CC1. The van der Waals surface area contributed by atoms with Gasteiger partial charge in [-0.15, -0.1) is 11.3 Å². The van der Waals surface area contributed by atoms with Gasteiger partial charge in [0.1, 0.15) is 6.10 Å². The average molecular weight is 325 g/mol. The molecular weight excluding hydrogens is 302 g/mol. The summed E-state index contributed by atoms with van der Waals surface area (Å²) in [6.45, 7) is 2.51. The van der Waals surface area contributed by atoms with Crippen molar-refractivity contribution in [3.8, 4) is 0 Å². The Hall–Kier alpha value is -1.63. The number of urea groups is 1. The number of nitrogens with one attached hydrogen (secondary N) is 2. The van der Waals surface area contributed by atoms with Gasteiger partial charge in [0.05, 0.1) is 17.6 Å². The molecule has 0 aromatic carbocycles. The predicted molar refractivity (Wildman–Crippen MR) is 84.8 cm³/mol. The highest BCUT2D eigenvalue weighted by atomic mass is 32.1. The Labute approximate surface area is 134 Å². The molecule has 122 valence electrons. The molecule has 22 heavy (non-hydrogen) atoms. The summed E-state index contributed by atoms with van der Waals surface area (Å²) in [4.78, 5) is 27.4. The van der Waals surface area contributed by atoms with Gasteiger partial charge >= 0.3 is 12.0 Å². The number of hydrogen-bond donors (Lipinski definition) is 2. The van der Waals surface area contributed by atoms with Gasteiger partial charge in [-0.3, -0.25) is 4.79 Å². The molecule has 1 saturated carbocycles. The molecule has 0 spiro atoms. The van der Waals surface area contributed by atoms with E-state index in [4.69, 9.17) is 4.74 Å². The maximum absolute atomic E-state index is 11.8. The van der Waals surface area contributed by atoms with Crippen LogP contribution in [-0.2, 0) is 16.0 Å². The quantitative estimate of drug-likeness (QED) is 0.786. The molecule has 1 aliphatic rings. The molecule has 1 aliphatic carbocycles. The fraction of sp³-hybridized carbons (Fsp3) is 0.667. The summed E-state index contributed by atoms with van der Waals surface area (Å²) >= 11 is 1.53. The number of esters is 1. The molecule has 1 fully saturated rings. The summed E-state index contributed by atoms with van der Waals surface area (Å²) < 4.78 is 5.50. The Bertz CT molecular complexity index is 470. The van der Waals surface area contributed by atoms with Crippen LogP contribution in [-0.4, -0.2) is 35.7 Å². The summed E-state index contributed by atoms with van der Waals surface area (Å²) in [5, 5.41) is 7.62. The lowest BCUT2D eigenvalue weighted by atomic mass is 9.93. The van der Waals surface area contributed by atoms with Crippen LogP contribution in [0.3, 0.4) is 0 Å². The minimum Gasteiger partial charge on any atom is -0.462 e. The van der Waals surface area contributed by atoms with E-state index in [0.717, 1.165) is 31.4 Å². The highest BCUT2D eigenvalue weighted by molar-refractivity contribution is 7.07. The van der Waals surface area contributed by atoms with Crippen LogP contribution < -0.4 is 10.6 Å². The second-order valence-corrected chi connectivity index (χ2v) is 6.17. The molecule has 1 heterocycles. The first-order valence-corrected chi connectivity index (χ1v) is 8.72. The summed E-state index contributed by atoms with van der Waals surface area (Å²) in [6.07, 6.45) is 4.30. The standard InChI is InChI=1S/C15H23N3O3S/c1-2-16-15(20)18-11-3-6-13(7-4-11)21-14(19)8-5-12-9-22-10-17-12/h9-11,13H,2-8H2,1H3,(H2,16,18,20). The monoisotopic (exact) mass is 325 g/mol. The van der Waals surface area contributed by atoms with E-state index in [1.54, 1.807) is 5.51 Å². The van der Waals surface area contributed by atoms with Crippen molar-refractivity contribution in [1.29, 1.82) is 0 Å². The first kappa shape index (κ1) is 16.7. The van der Waals surface area contributed by atoms with E-state index in [1.165, 1.54) is 11.3 Å². The molecule has 2 amide bonds. The van der Waals surface area contributed by atoms with Gasteiger partial charge in [0.15, 0.2) is 0 Å². The fourth-order valence-electron chi connectivity index (χ4n) is 2.56. The van der Waals surface area contributed by atoms with Gasteiger partial charge in [-0.2, -0.15) is 0 Å². The molecule has 0 radical (unpaired) electrons. The van der Waals surface area contributed by atoms with Gasteiger partial charge in [-0.1, -0.05) is 0 Å². The largest absolute Gasteiger partial charge is 0.462 e. The van der Waals surface area contributed by atoms with Crippen LogP contribution in [0.25, 0.3) is 0 Å². The van der Waals surface area contributed by atoms with E-state index in [9.17, 15) is 9.59 Å². The molecule has 1 aromatic heterocycles. The van der Waals surface area contributed by atoms with Crippen LogP contribution >= 0.6 is 11.3 Å². The van der Waals surface area contributed by atoms with Crippen molar-refractivity contribution in [2.45, 2.75) is 57.6 Å². The van der Waals surface area contributed by atoms with Crippen LogP contribution in [0.2, 0.25) is 0 Å². The van der Waals surface area contributed by atoms with Gasteiger partial charge in [0.2, 0.25) is 0 Å². The summed E-state index contributed by atoms with van der Waals surface area (Å²) in [5.41, 5.74) is 2.71. The van der Waals surface area contributed by atoms with Gasteiger partial charge < -0.3 is 15.4 Å². The van der Waals surface area contributed by atoms with Crippen molar-refractivity contribution in [3.05, 3.63) is 16.6 Å². The van der Waals surface area contributed by atoms with Crippen molar-refractivity contribution in [3.63, 3.8) is 0 Å². The van der Waals surface area contributed by atoms with E-state index in [2.05, 4.69) is 15.6 Å². The Balaban J connectivity index is 1.62. The third kappa shape index (κ3) is 5.63. The molecule has 7 heteroatoms. The first-order chi connectivity index (χ1) is 10.7. The van der Waals surface area contributed by atoms with Gasteiger partial charge in [0, 0.05) is 24.4 Å². The lowest BCUT2D eigenvalue weighted by Gasteiger charge is -2.28. The predicted octanol–water partition coefficient (Wildman–Crippen LogP) is 2.25. The van der Waals surface area contributed by atoms with Crippen molar-refractivity contribution < 1.29 is 14.3 Å². The van der Waals surface area contributed by atoms with Crippen LogP contribution in [0.5, 0.6) is 0 Å². The smallest absolute Gasteiger partial charge is 0.314 e. The van der Waals surface area contributed by atoms with Crippen molar-refractivity contribution in [1.82, 2.24) is 15.6 Å². The molecule has 0 saturated heterocycles. The number of thiazole rings is 1. The van der Waals surface area contributed by atoms with Crippen molar-refractivity contribution >= 4 is 23.3 Å². The molecule has 6 nitrogen and oxygen atoms in total. The molecule has 2 rings (SSSR count). The minimum absolute atomic E-state index is 0.0183. The molecule has 0 aliphatic heterocycles. The molecular formula is C15H23N3O3S. The van der Waals surface area contributed by atoms with E-state index < -0.39 is 0 Å². The number of aryl methyl sites for hydroxylation is 1. The zero-order chi connectivity index (χ0) is 15.8. The number of carbonyl (C=O) groups is 2. The van der Waals surface area contributed by atoms with Crippen LogP contribution in [0.4, 0.5) is 4.79 Å². The Morgan fingerprint density at radius 3 is 2.77 bits per heavy atom. The zero-order valence-electron chi connectivity index (χ0n) is 12.8. The summed E-state index contributed by atoms with van der Waals surface area (Å²) in [6, 6.07) is 0.0581. The van der Waals surface area contributed by atoms with E-state index >= 15 is 0 Å². The molecule has 2 N–H and O–H groups in total. The molecule has 0 bridgehead atoms. The van der Waals surface area contributed by atoms with E-state index in [1.807, 2.05) is 12.3 Å². The Morgan fingerprint density at radius 1 is 1.36 bits per heavy atom. The summed E-state index contributed by atoms with van der Waals surface area (Å²) in [5.74, 6) is -0.159. The number of carbonyl (C=O) groups excluding carboxylic acids is 2. The van der Waals surface area contributed by atoms with E-state index in [0.29, 0.717) is 19.4 Å². The van der Waals surface area contributed by atoms with E-state index in [-0.39, 0.29) is 24.1 Å². The number of rotatable bonds is 6. The Kier molecular flexibility index (Phi) is 6.64. The minimum atomic E-state index is -0.159. The molecule has 1 aromatic rings. The number of aromatic nitrogens is 1. The van der Waals surface area contributed by atoms with Crippen molar-refractivity contribution in [2.75, 3.05) is 6.54 Å². The van der Waals surface area contributed by atoms with Crippen LogP contribution in [0.15, 0.2) is 10.9 Å². The summed E-state index contributed by atoms with van der Waals surface area (Å²) in [7, 11) is 0. The highest BCUT2D eigenvalue weighted by Crippen LogP contribution is 2.22. The number of ether oxygens (including phenoxy) is 1. The lowest BCUT2D eigenvalue weighted by molar-refractivity contribution is -0.150. The second-order valence-electron chi connectivity index (χ2n) is 5.45. The maximum atomic E-state index is 11.8. The molecule has 0 unspecified atom stereocenters. The molecule has 0 atom stereocenters. The maximum Gasteiger partial charge on any atom is 0.314 e. The fourth-order valence-corrected chi connectivity index (χ4v) is 3.15. The number of hydrogen-bond acceptors (Lipinski definition) is 5. The first-order valence-electron chi connectivity index (χ1n) is 7.78. The highest BCUT2D eigenvalue weighted by Gasteiger charge is 2.24. The van der Waals surface area contributed by atoms with Crippen molar-refractivity contribution in [2.24, 2.45) is 0 Å². The zero-order valence-corrected chi connectivity index (χ0v) is 13.7. The topological polar surface area (TPSA) is 80.3 Å². The van der Waals surface area contributed by atoms with Crippen LogP contribution in [0, 0.1) is 0 Å². The van der Waals surface area contributed by atoms with Gasteiger partial charge in [0.25, 0.3) is 0 Å². The second kappa shape index (κ2) is 8.73. The Morgan fingerprint density at radius 2 is 2.14 bits per heavy atom. The average Bonchev–Trinajstić information content (AvgIpc) is 3.01. The third-order valence-corrected chi connectivity index (χ3v) is 4.35. The number of amides is 2. The van der Waals surface area contributed by atoms with Gasteiger partial charge in [-0.05, 0) is 32.6 Å². The normalized spacial score (nSPS) is 21.1. The van der Waals surface area contributed by atoms with Crippen LogP contribution in [0.1, 0.15) is 44.7 Å². The number of nitrogens with zero attached hydrogens (tertiary/aromatic N) is 1. The third-order valence-electron chi connectivity index (χ3n) is 3.71. The van der Waals surface area contributed by atoms with Gasteiger partial charge in [-0.25, -0.2) is 9.78 Å².